The predicted octanol–water partition coefficient (Wildman–Crippen LogP) is 2.98. The Hall–Kier alpha value is -3.61. The molecule has 138 valence electrons. The lowest BCUT2D eigenvalue weighted by Crippen LogP contribution is -2.16. The number of carbonyl (C=O) groups is 1. The van der Waals surface area contributed by atoms with Crippen LogP contribution in [0.15, 0.2) is 60.8 Å². The number of para-hydroxylation sites is 1. The van der Waals surface area contributed by atoms with Crippen molar-refractivity contribution in [3.8, 4) is 5.75 Å². The fourth-order valence-corrected chi connectivity index (χ4v) is 2.51. The number of hydrogen-bond acceptors (Lipinski definition) is 6. The Labute approximate surface area is 157 Å². The maximum Gasteiger partial charge on any atom is 0.254 e. The number of amides is 1. The van der Waals surface area contributed by atoms with Gasteiger partial charge in [-0.1, -0.05) is 30.3 Å². The molecule has 7 heteroatoms. The van der Waals surface area contributed by atoms with E-state index in [9.17, 15) is 4.79 Å². The molecule has 0 saturated heterocycles. The monoisotopic (exact) mass is 363 g/mol. The summed E-state index contributed by atoms with van der Waals surface area (Å²) < 4.78 is 5.16. The van der Waals surface area contributed by atoms with Gasteiger partial charge >= 0.3 is 0 Å². The van der Waals surface area contributed by atoms with Gasteiger partial charge in [0.15, 0.2) is 0 Å². The summed E-state index contributed by atoms with van der Waals surface area (Å²) in [7, 11) is 1.64. The van der Waals surface area contributed by atoms with E-state index in [2.05, 4.69) is 20.6 Å². The Morgan fingerprint density at radius 1 is 1.11 bits per heavy atom. The fraction of sp³-hybridized carbons (Fsp3) is 0.150. The number of primary amides is 1. The molecule has 0 atom stereocenters. The van der Waals surface area contributed by atoms with Crippen LogP contribution >= 0.6 is 0 Å². The van der Waals surface area contributed by atoms with Crippen LogP contribution in [0.3, 0.4) is 0 Å². The van der Waals surface area contributed by atoms with Crippen LogP contribution in [0.2, 0.25) is 0 Å². The average Bonchev–Trinajstić information content (AvgIpc) is 2.69. The summed E-state index contributed by atoms with van der Waals surface area (Å²) in [5.74, 6) is 1.04. The molecule has 1 aromatic heterocycles. The van der Waals surface area contributed by atoms with Gasteiger partial charge in [-0.15, -0.1) is 0 Å². The van der Waals surface area contributed by atoms with Crippen molar-refractivity contribution in [3.63, 3.8) is 0 Å². The Morgan fingerprint density at radius 2 is 1.85 bits per heavy atom. The summed E-state index contributed by atoms with van der Waals surface area (Å²) in [6.45, 7) is 0.646. The van der Waals surface area contributed by atoms with Crippen LogP contribution in [0.4, 0.5) is 17.5 Å². The van der Waals surface area contributed by atoms with Crippen molar-refractivity contribution < 1.29 is 9.53 Å². The highest BCUT2D eigenvalue weighted by Crippen LogP contribution is 2.19. The highest BCUT2D eigenvalue weighted by Gasteiger charge is 2.12. The van der Waals surface area contributed by atoms with Crippen molar-refractivity contribution >= 4 is 23.4 Å². The van der Waals surface area contributed by atoms with Crippen LogP contribution in [0.25, 0.3) is 0 Å². The third-order valence-corrected chi connectivity index (χ3v) is 3.95. The molecule has 0 saturated carbocycles. The lowest BCUT2D eigenvalue weighted by Gasteiger charge is -2.11. The molecule has 2 aromatic carbocycles. The van der Waals surface area contributed by atoms with Gasteiger partial charge in [0, 0.05) is 18.4 Å². The molecular formula is C20H21N5O2. The SMILES string of the molecule is COc1ccc(CCNc2ncc(C(N)=O)c(Nc3ccccc3)n2)cc1. The summed E-state index contributed by atoms with van der Waals surface area (Å²) in [6.07, 6.45) is 2.22. The van der Waals surface area contributed by atoms with E-state index in [1.165, 1.54) is 11.8 Å². The minimum Gasteiger partial charge on any atom is -0.497 e. The van der Waals surface area contributed by atoms with Gasteiger partial charge in [-0.25, -0.2) is 4.98 Å². The number of nitrogens with one attached hydrogen (secondary N) is 2. The number of nitrogens with zero attached hydrogens (tertiary/aromatic N) is 2. The molecule has 0 bridgehead atoms. The van der Waals surface area contributed by atoms with Crippen molar-refractivity contribution in [2.75, 3.05) is 24.3 Å². The van der Waals surface area contributed by atoms with Gasteiger partial charge in [-0.2, -0.15) is 4.98 Å². The zero-order chi connectivity index (χ0) is 19.1. The van der Waals surface area contributed by atoms with Gasteiger partial charge in [-0.05, 0) is 36.2 Å². The Bertz CT molecular complexity index is 898. The number of hydrogen-bond donors (Lipinski definition) is 3. The number of aromatic nitrogens is 2. The predicted molar refractivity (Wildman–Crippen MR) is 105 cm³/mol. The van der Waals surface area contributed by atoms with Gasteiger partial charge in [0.05, 0.1) is 7.11 Å². The van der Waals surface area contributed by atoms with E-state index < -0.39 is 5.91 Å². The fourth-order valence-electron chi connectivity index (χ4n) is 2.51. The van der Waals surface area contributed by atoms with Crippen molar-refractivity contribution in [2.45, 2.75) is 6.42 Å². The van der Waals surface area contributed by atoms with Crippen molar-refractivity contribution in [3.05, 3.63) is 71.9 Å². The van der Waals surface area contributed by atoms with Gasteiger partial charge < -0.3 is 21.1 Å². The largest absolute Gasteiger partial charge is 0.497 e. The molecule has 0 radical (unpaired) electrons. The van der Waals surface area contributed by atoms with Gasteiger partial charge in [0.2, 0.25) is 5.95 Å². The molecule has 1 heterocycles. The van der Waals surface area contributed by atoms with Crippen LogP contribution in [-0.2, 0) is 6.42 Å². The molecule has 27 heavy (non-hydrogen) atoms. The van der Waals surface area contributed by atoms with E-state index in [4.69, 9.17) is 10.5 Å². The first-order valence-corrected chi connectivity index (χ1v) is 8.51. The third-order valence-electron chi connectivity index (χ3n) is 3.95. The maximum atomic E-state index is 11.6. The second kappa shape index (κ2) is 8.66. The van der Waals surface area contributed by atoms with Crippen LogP contribution < -0.4 is 21.1 Å². The second-order valence-electron chi connectivity index (χ2n) is 5.84. The van der Waals surface area contributed by atoms with Crippen molar-refractivity contribution in [2.24, 2.45) is 5.73 Å². The first kappa shape index (κ1) is 18.2. The quantitative estimate of drug-likeness (QED) is 0.569. The molecule has 3 aromatic rings. The van der Waals surface area contributed by atoms with Gasteiger partial charge in [0.1, 0.15) is 17.1 Å². The first-order valence-electron chi connectivity index (χ1n) is 8.51. The smallest absolute Gasteiger partial charge is 0.254 e. The lowest BCUT2D eigenvalue weighted by atomic mass is 10.1. The van der Waals surface area contributed by atoms with E-state index in [-0.39, 0.29) is 5.56 Å². The van der Waals surface area contributed by atoms with E-state index in [1.807, 2.05) is 54.6 Å². The molecular weight excluding hydrogens is 342 g/mol. The van der Waals surface area contributed by atoms with Crippen LogP contribution in [-0.4, -0.2) is 29.5 Å². The van der Waals surface area contributed by atoms with Crippen LogP contribution in [0.1, 0.15) is 15.9 Å². The van der Waals surface area contributed by atoms with Gasteiger partial charge in [0.25, 0.3) is 5.91 Å². The second-order valence-corrected chi connectivity index (χ2v) is 5.84. The standard InChI is InChI=1S/C20H21N5O2/c1-27-16-9-7-14(8-10-16)11-12-22-20-23-13-17(18(21)26)19(25-20)24-15-5-3-2-4-6-15/h2-10,13H,11-12H2,1H3,(H2,21,26)(H2,22,23,24,25). The summed E-state index contributed by atoms with van der Waals surface area (Å²) in [5, 5.41) is 6.28. The Morgan fingerprint density at radius 3 is 2.52 bits per heavy atom. The summed E-state index contributed by atoms with van der Waals surface area (Å²) in [4.78, 5) is 20.2. The molecule has 0 aliphatic rings. The number of rotatable bonds is 8. The third kappa shape index (κ3) is 4.94. The highest BCUT2D eigenvalue weighted by molar-refractivity contribution is 5.98. The Kier molecular flexibility index (Phi) is 5.84. The topological polar surface area (TPSA) is 102 Å². The number of benzene rings is 2. The van der Waals surface area contributed by atoms with Crippen LogP contribution in [0, 0.1) is 0 Å². The zero-order valence-electron chi connectivity index (χ0n) is 15.0. The molecule has 0 aliphatic heterocycles. The minimum absolute atomic E-state index is 0.236. The van der Waals surface area contributed by atoms with Crippen molar-refractivity contribution in [1.82, 2.24) is 9.97 Å². The Balaban J connectivity index is 1.68. The van der Waals surface area contributed by atoms with E-state index >= 15 is 0 Å². The maximum absolute atomic E-state index is 11.6. The molecule has 7 nitrogen and oxygen atoms in total. The highest BCUT2D eigenvalue weighted by atomic mass is 16.5. The molecule has 0 aliphatic carbocycles. The first-order chi connectivity index (χ1) is 13.2. The minimum atomic E-state index is -0.585. The van der Waals surface area contributed by atoms with Crippen LogP contribution in [0.5, 0.6) is 5.75 Å². The molecule has 0 fully saturated rings. The lowest BCUT2D eigenvalue weighted by molar-refractivity contribution is 0.100. The number of carbonyl (C=O) groups excluding carboxylic acids is 1. The number of methoxy groups -OCH3 is 1. The number of nitrogens with two attached hydrogens (primary N) is 1. The molecule has 1 amide bonds. The summed E-state index contributed by atoms with van der Waals surface area (Å²) in [6, 6.07) is 17.3. The van der Waals surface area contributed by atoms with E-state index in [1.54, 1.807) is 7.11 Å². The zero-order valence-corrected chi connectivity index (χ0v) is 15.0. The normalized spacial score (nSPS) is 10.3. The average molecular weight is 363 g/mol. The number of ether oxygens (including phenoxy) is 1. The molecule has 0 unspecified atom stereocenters. The summed E-state index contributed by atoms with van der Waals surface area (Å²) in [5.41, 5.74) is 7.64. The molecule has 0 spiro atoms. The van der Waals surface area contributed by atoms with E-state index in [0.29, 0.717) is 18.3 Å². The molecule has 3 rings (SSSR count). The van der Waals surface area contributed by atoms with Crippen molar-refractivity contribution in [1.29, 1.82) is 0 Å². The summed E-state index contributed by atoms with van der Waals surface area (Å²) >= 11 is 0. The molecule has 4 N–H and O–H groups in total. The van der Waals surface area contributed by atoms with E-state index in [0.717, 1.165) is 17.9 Å². The van der Waals surface area contributed by atoms with Gasteiger partial charge in [-0.3, -0.25) is 4.79 Å². The number of anilines is 3.